The van der Waals surface area contributed by atoms with Gasteiger partial charge in [-0.15, -0.1) is 0 Å². The van der Waals surface area contributed by atoms with Gasteiger partial charge in [-0.25, -0.2) is 9.79 Å². The minimum atomic E-state index is -1.01. The lowest BCUT2D eigenvalue weighted by Gasteiger charge is -1.98. The van der Waals surface area contributed by atoms with Gasteiger partial charge in [0.2, 0.25) is 0 Å². The highest BCUT2D eigenvalue weighted by Gasteiger charge is 2.24. The molecule has 0 saturated carbocycles. The number of rotatable bonds is 3. The number of hydrogen-bond acceptors (Lipinski definition) is 4. The number of carbonyl (C=O) groups excluding carboxylic acids is 1. The first-order valence-electron chi connectivity index (χ1n) is 6.90. The molecule has 7 heteroatoms. The van der Waals surface area contributed by atoms with Gasteiger partial charge in [-0.2, -0.15) is 0 Å². The third kappa shape index (κ3) is 3.67. The van der Waals surface area contributed by atoms with Crippen LogP contribution in [-0.4, -0.2) is 22.2 Å². The fourth-order valence-electron chi connectivity index (χ4n) is 2.05. The second-order valence-corrected chi connectivity index (χ2v) is 6.30. The Morgan fingerprint density at radius 1 is 1.21 bits per heavy atom. The Hall–Kier alpha value is -2.57. The summed E-state index contributed by atoms with van der Waals surface area (Å²) in [6, 6.07) is 13.4. The van der Waals surface area contributed by atoms with Crippen molar-refractivity contribution in [2.45, 2.75) is 0 Å². The van der Waals surface area contributed by atoms with Crippen LogP contribution >= 0.6 is 23.4 Å². The van der Waals surface area contributed by atoms with E-state index in [0.717, 1.165) is 0 Å². The maximum absolute atomic E-state index is 12.1. The van der Waals surface area contributed by atoms with Gasteiger partial charge in [-0.1, -0.05) is 35.9 Å². The Labute approximate surface area is 147 Å². The number of amidine groups is 1. The molecule has 1 aliphatic heterocycles. The van der Waals surface area contributed by atoms with E-state index in [9.17, 15) is 9.59 Å². The van der Waals surface area contributed by atoms with Crippen LogP contribution in [0.15, 0.2) is 58.4 Å². The van der Waals surface area contributed by atoms with Crippen molar-refractivity contribution < 1.29 is 14.7 Å². The topological polar surface area (TPSA) is 78.8 Å². The summed E-state index contributed by atoms with van der Waals surface area (Å²) in [5.41, 5.74) is 1.36. The van der Waals surface area contributed by atoms with E-state index in [1.807, 2.05) is 0 Å². The van der Waals surface area contributed by atoms with E-state index >= 15 is 0 Å². The molecular weight excluding hydrogens is 348 g/mol. The highest BCUT2D eigenvalue weighted by atomic mass is 35.5. The molecule has 1 saturated heterocycles. The number of halogens is 1. The number of benzene rings is 2. The molecule has 0 aromatic heterocycles. The maximum atomic E-state index is 12.1. The normalized spacial score (nSPS) is 17.3. The third-order valence-corrected chi connectivity index (χ3v) is 4.39. The summed E-state index contributed by atoms with van der Waals surface area (Å²) in [7, 11) is 0. The number of amides is 1. The van der Waals surface area contributed by atoms with E-state index in [4.69, 9.17) is 16.7 Å². The number of carbonyl (C=O) groups is 2. The van der Waals surface area contributed by atoms with E-state index in [-0.39, 0.29) is 11.5 Å². The first-order chi connectivity index (χ1) is 11.5. The Morgan fingerprint density at radius 3 is 2.75 bits per heavy atom. The molecule has 2 aromatic carbocycles. The molecule has 0 bridgehead atoms. The maximum Gasteiger partial charge on any atom is 0.335 e. The number of nitrogens with one attached hydrogen (secondary N) is 1. The van der Waals surface area contributed by atoms with Crippen molar-refractivity contribution in [1.82, 2.24) is 5.32 Å². The van der Waals surface area contributed by atoms with Crippen LogP contribution in [-0.2, 0) is 4.79 Å². The van der Waals surface area contributed by atoms with Crippen LogP contribution in [0.25, 0.3) is 6.08 Å². The molecular formula is C17H11ClN2O3S. The Balaban J connectivity index is 1.86. The van der Waals surface area contributed by atoms with E-state index in [1.165, 1.54) is 23.9 Å². The lowest BCUT2D eigenvalue weighted by molar-refractivity contribution is -0.115. The summed E-state index contributed by atoms with van der Waals surface area (Å²) in [6.07, 6.45) is 1.63. The predicted molar refractivity (Wildman–Crippen MR) is 95.7 cm³/mol. The summed E-state index contributed by atoms with van der Waals surface area (Å²) >= 11 is 7.23. The van der Waals surface area contributed by atoms with Crippen molar-refractivity contribution in [2.75, 3.05) is 0 Å². The quantitative estimate of drug-likeness (QED) is 0.815. The molecule has 0 aliphatic carbocycles. The number of carboxylic acids is 1. The van der Waals surface area contributed by atoms with Gasteiger partial charge in [0.25, 0.3) is 5.91 Å². The van der Waals surface area contributed by atoms with E-state index < -0.39 is 5.97 Å². The summed E-state index contributed by atoms with van der Waals surface area (Å²) in [6.45, 7) is 0. The van der Waals surface area contributed by atoms with Crippen LogP contribution < -0.4 is 5.32 Å². The standard InChI is InChI=1S/C17H11ClN2O3S/c18-12-6-1-2-7-13(12)19-17-20-15(21)14(24-17)9-10-4-3-5-11(8-10)16(22)23/h1-9H,(H,22,23)(H,19,20,21). The van der Waals surface area contributed by atoms with Crippen LogP contribution in [0.5, 0.6) is 0 Å². The van der Waals surface area contributed by atoms with Gasteiger partial charge in [0.1, 0.15) is 0 Å². The average molecular weight is 359 g/mol. The zero-order valence-electron chi connectivity index (χ0n) is 12.2. The summed E-state index contributed by atoms with van der Waals surface area (Å²) in [5, 5.41) is 12.6. The first kappa shape index (κ1) is 16.3. The lowest BCUT2D eigenvalue weighted by atomic mass is 10.1. The monoisotopic (exact) mass is 358 g/mol. The van der Waals surface area contributed by atoms with Crippen LogP contribution in [0.2, 0.25) is 5.02 Å². The third-order valence-electron chi connectivity index (χ3n) is 3.16. The zero-order chi connectivity index (χ0) is 17.1. The van der Waals surface area contributed by atoms with Crippen LogP contribution in [0.3, 0.4) is 0 Å². The predicted octanol–water partition coefficient (Wildman–Crippen LogP) is 3.93. The van der Waals surface area contributed by atoms with Crippen LogP contribution in [0.4, 0.5) is 5.69 Å². The fourth-order valence-corrected chi connectivity index (χ4v) is 3.06. The number of para-hydroxylation sites is 1. The number of aromatic carboxylic acids is 1. The fraction of sp³-hybridized carbons (Fsp3) is 0. The highest BCUT2D eigenvalue weighted by molar-refractivity contribution is 8.18. The first-order valence-corrected chi connectivity index (χ1v) is 8.10. The van der Waals surface area contributed by atoms with Crippen molar-refractivity contribution in [3.8, 4) is 0 Å². The molecule has 0 unspecified atom stereocenters. The molecule has 5 nitrogen and oxygen atoms in total. The SMILES string of the molecule is O=C1NC(=Nc2ccccc2Cl)SC1=Cc1cccc(C(=O)O)c1. The van der Waals surface area contributed by atoms with Crippen molar-refractivity contribution >= 4 is 52.2 Å². The van der Waals surface area contributed by atoms with E-state index in [2.05, 4.69) is 10.3 Å². The highest BCUT2D eigenvalue weighted by Crippen LogP contribution is 2.30. The smallest absolute Gasteiger partial charge is 0.335 e. The molecule has 0 radical (unpaired) electrons. The number of nitrogens with zero attached hydrogens (tertiary/aromatic N) is 1. The molecule has 120 valence electrons. The van der Waals surface area contributed by atoms with Crippen molar-refractivity contribution in [2.24, 2.45) is 4.99 Å². The zero-order valence-corrected chi connectivity index (χ0v) is 13.8. The molecule has 1 amide bonds. The number of hydrogen-bond donors (Lipinski definition) is 2. The summed E-state index contributed by atoms with van der Waals surface area (Å²) in [5.74, 6) is -1.30. The lowest BCUT2D eigenvalue weighted by Crippen LogP contribution is -2.19. The van der Waals surface area contributed by atoms with E-state index in [1.54, 1.807) is 42.5 Å². The van der Waals surface area contributed by atoms with Crippen molar-refractivity contribution in [3.63, 3.8) is 0 Å². The molecule has 3 rings (SSSR count). The second-order valence-electron chi connectivity index (χ2n) is 4.86. The van der Waals surface area contributed by atoms with Crippen LogP contribution in [0, 0.1) is 0 Å². The number of aliphatic imine (C=N–C) groups is 1. The van der Waals surface area contributed by atoms with Crippen molar-refractivity contribution in [3.05, 3.63) is 69.6 Å². The molecule has 24 heavy (non-hydrogen) atoms. The van der Waals surface area contributed by atoms with Gasteiger partial charge in [0.05, 0.1) is 21.2 Å². The van der Waals surface area contributed by atoms with Crippen LogP contribution in [0.1, 0.15) is 15.9 Å². The van der Waals surface area contributed by atoms with E-state index in [0.29, 0.717) is 26.3 Å². The molecule has 0 atom stereocenters. The Morgan fingerprint density at radius 2 is 2.00 bits per heavy atom. The minimum absolute atomic E-state index is 0.165. The second kappa shape index (κ2) is 6.90. The average Bonchev–Trinajstić information content (AvgIpc) is 2.89. The van der Waals surface area contributed by atoms with Gasteiger partial charge < -0.3 is 10.4 Å². The summed E-state index contributed by atoms with van der Waals surface area (Å²) < 4.78 is 0. The minimum Gasteiger partial charge on any atom is -0.478 e. The number of thioether (sulfide) groups is 1. The summed E-state index contributed by atoms with van der Waals surface area (Å²) in [4.78, 5) is 27.8. The van der Waals surface area contributed by atoms with Gasteiger partial charge in [0.15, 0.2) is 5.17 Å². The Kier molecular flexibility index (Phi) is 4.69. The largest absolute Gasteiger partial charge is 0.478 e. The molecule has 0 spiro atoms. The van der Waals surface area contributed by atoms with Gasteiger partial charge >= 0.3 is 5.97 Å². The molecule has 2 aromatic rings. The number of carboxylic acid groups (broad SMARTS) is 1. The van der Waals surface area contributed by atoms with Crippen molar-refractivity contribution in [1.29, 1.82) is 0 Å². The molecule has 1 aliphatic rings. The molecule has 1 heterocycles. The van der Waals surface area contributed by atoms with Gasteiger partial charge in [0, 0.05) is 0 Å². The molecule has 2 N–H and O–H groups in total. The van der Waals surface area contributed by atoms with Gasteiger partial charge in [-0.05, 0) is 47.7 Å². The van der Waals surface area contributed by atoms with Gasteiger partial charge in [-0.3, -0.25) is 4.79 Å². The Bertz CT molecular complexity index is 893. The molecule has 1 fully saturated rings.